The minimum absolute atomic E-state index is 0.0303. The molecular formula is C33H38N4O3. The predicted molar refractivity (Wildman–Crippen MR) is 158 cm³/mol. The second kappa shape index (κ2) is 11.9. The van der Waals surface area contributed by atoms with Crippen LogP contribution in [0.4, 0.5) is 4.79 Å². The van der Waals surface area contributed by atoms with E-state index in [0.29, 0.717) is 19.5 Å². The normalized spacial score (nSPS) is 16.5. The van der Waals surface area contributed by atoms with Crippen LogP contribution in [0, 0.1) is 0 Å². The Morgan fingerprint density at radius 1 is 1.00 bits per heavy atom. The average Bonchev–Trinajstić information content (AvgIpc) is 3.37. The molecule has 0 radical (unpaired) electrons. The Bertz CT molecular complexity index is 1410. The van der Waals surface area contributed by atoms with Gasteiger partial charge in [-0.05, 0) is 68.9 Å². The van der Waals surface area contributed by atoms with Gasteiger partial charge in [-0.25, -0.2) is 9.78 Å². The van der Waals surface area contributed by atoms with E-state index in [2.05, 4.69) is 46.7 Å². The molecule has 1 saturated heterocycles. The molecule has 40 heavy (non-hydrogen) atoms. The van der Waals surface area contributed by atoms with Crippen molar-refractivity contribution in [1.82, 2.24) is 20.2 Å². The summed E-state index contributed by atoms with van der Waals surface area (Å²) in [4.78, 5) is 36.4. The fourth-order valence-corrected chi connectivity index (χ4v) is 5.33. The number of ether oxygens (including phenoxy) is 1. The van der Waals surface area contributed by atoms with Gasteiger partial charge < -0.3 is 19.9 Å². The molecular weight excluding hydrogens is 500 g/mol. The van der Waals surface area contributed by atoms with Crippen LogP contribution in [0.5, 0.6) is 0 Å². The number of carbonyl (C=O) groups excluding carboxylic acids is 2. The van der Waals surface area contributed by atoms with Crippen LogP contribution in [0.3, 0.4) is 0 Å². The van der Waals surface area contributed by atoms with E-state index >= 15 is 0 Å². The minimum atomic E-state index is -0.622. The SMILES string of the molecule is CC(C)(C)OC(=O)NC(CC(=O)N1CCCC(c2nc3ccccc3[nH]2)C1)Cc1ccc(-c2ccccc2)cc1. The van der Waals surface area contributed by atoms with Crippen LogP contribution >= 0.6 is 0 Å². The third-order valence-electron chi connectivity index (χ3n) is 7.25. The number of aromatic nitrogens is 2. The maximum Gasteiger partial charge on any atom is 0.407 e. The smallest absolute Gasteiger partial charge is 0.407 e. The van der Waals surface area contributed by atoms with Gasteiger partial charge in [-0.15, -0.1) is 0 Å². The summed E-state index contributed by atoms with van der Waals surface area (Å²) in [5.41, 5.74) is 4.66. The summed E-state index contributed by atoms with van der Waals surface area (Å²) >= 11 is 0. The number of piperidine rings is 1. The molecule has 0 saturated carbocycles. The summed E-state index contributed by atoms with van der Waals surface area (Å²) in [6, 6.07) is 26.1. The predicted octanol–water partition coefficient (Wildman–Crippen LogP) is 6.46. The molecule has 7 nitrogen and oxygen atoms in total. The van der Waals surface area contributed by atoms with Gasteiger partial charge in [0.2, 0.25) is 5.91 Å². The van der Waals surface area contributed by atoms with Crippen molar-refractivity contribution in [2.24, 2.45) is 0 Å². The number of benzene rings is 3. The van der Waals surface area contributed by atoms with Gasteiger partial charge in [-0.1, -0.05) is 66.7 Å². The Morgan fingerprint density at radius 3 is 2.42 bits per heavy atom. The lowest BCUT2D eigenvalue weighted by Crippen LogP contribution is -2.45. The molecule has 0 bridgehead atoms. The van der Waals surface area contributed by atoms with Crippen LogP contribution in [0.2, 0.25) is 0 Å². The lowest BCUT2D eigenvalue weighted by Gasteiger charge is -2.33. The lowest BCUT2D eigenvalue weighted by atomic mass is 9.95. The zero-order valence-electron chi connectivity index (χ0n) is 23.5. The van der Waals surface area contributed by atoms with E-state index in [0.717, 1.165) is 46.4 Å². The van der Waals surface area contributed by atoms with Crippen molar-refractivity contribution in [2.45, 2.75) is 64.0 Å². The van der Waals surface area contributed by atoms with Crippen molar-refractivity contribution < 1.29 is 14.3 Å². The number of rotatable bonds is 7. The van der Waals surface area contributed by atoms with Crippen LogP contribution in [0.15, 0.2) is 78.9 Å². The number of alkyl carbamates (subject to hydrolysis) is 1. The number of aromatic amines is 1. The van der Waals surface area contributed by atoms with Gasteiger partial charge in [0.1, 0.15) is 11.4 Å². The molecule has 208 valence electrons. The maximum atomic E-state index is 13.6. The van der Waals surface area contributed by atoms with Crippen LogP contribution in [0.1, 0.15) is 57.3 Å². The van der Waals surface area contributed by atoms with Gasteiger partial charge in [0.25, 0.3) is 0 Å². The third kappa shape index (κ3) is 7.08. The summed E-state index contributed by atoms with van der Waals surface area (Å²) in [6.45, 7) is 6.83. The Labute approximate surface area is 236 Å². The van der Waals surface area contributed by atoms with Crippen molar-refractivity contribution >= 4 is 23.0 Å². The minimum Gasteiger partial charge on any atom is -0.444 e. The Hall–Kier alpha value is -4.13. The maximum absolute atomic E-state index is 13.6. The molecule has 7 heteroatoms. The molecule has 3 aromatic carbocycles. The van der Waals surface area contributed by atoms with Gasteiger partial charge in [-0.2, -0.15) is 0 Å². The summed E-state index contributed by atoms with van der Waals surface area (Å²) < 4.78 is 5.53. The number of likely N-dealkylation sites (tertiary alicyclic amines) is 1. The summed E-state index contributed by atoms with van der Waals surface area (Å²) in [7, 11) is 0. The van der Waals surface area contributed by atoms with Crippen molar-refractivity contribution in [3.05, 3.63) is 90.3 Å². The first-order chi connectivity index (χ1) is 19.2. The molecule has 2 amide bonds. The topological polar surface area (TPSA) is 87.3 Å². The Kier molecular flexibility index (Phi) is 8.19. The zero-order chi connectivity index (χ0) is 28.1. The van der Waals surface area contributed by atoms with E-state index in [9.17, 15) is 9.59 Å². The average molecular weight is 539 g/mol. The molecule has 2 atom stereocenters. The van der Waals surface area contributed by atoms with E-state index in [1.807, 2.05) is 68.1 Å². The number of nitrogens with one attached hydrogen (secondary N) is 2. The quantitative estimate of drug-likeness (QED) is 0.283. The summed E-state index contributed by atoms with van der Waals surface area (Å²) in [5.74, 6) is 1.12. The number of hydrogen-bond donors (Lipinski definition) is 2. The first-order valence-corrected chi connectivity index (χ1v) is 14.1. The highest BCUT2D eigenvalue weighted by molar-refractivity contribution is 5.78. The first kappa shape index (κ1) is 27.4. The molecule has 1 fully saturated rings. The number of H-pyrrole nitrogens is 1. The largest absolute Gasteiger partial charge is 0.444 e. The molecule has 0 aliphatic carbocycles. The molecule has 4 aromatic rings. The highest BCUT2D eigenvalue weighted by atomic mass is 16.6. The van der Waals surface area contributed by atoms with E-state index < -0.39 is 17.7 Å². The summed E-state index contributed by atoms with van der Waals surface area (Å²) in [5, 5.41) is 2.97. The van der Waals surface area contributed by atoms with Gasteiger partial charge >= 0.3 is 6.09 Å². The summed E-state index contributed by atoms with van der Waals surface area (Å²) in [6.07, 6.45) is 2.12. The molecule has 2 unspecified atom stereocenters. The van der Waals surface area contributed by atoms with E-state index in [-0.39, 0.29) is 18.2 Å². The van der Waals surface area contributed by atoms with E-state index in [1.165, 1.54) is 0 Å². The Balaban J connectivity index is 1.27. The molecule has 1 aliphatic heterocycles. The molecule has 5 rings (SSSR count). The molecule has 2 heterocycles. The monoisotopic (exact) mass is 538 g/mol. The Morgan fingerprint density at radius 2 is 1.70 bits per heavy atom. The lowest BCUT2D eigenvalue weighted by molar-refractivity contribution is -0.132. The number of nitrogens with zero attached hydrogens (tertiary/aromatic N) is 2. The number of hydrogen-bond acceptors (Lipinski definition) is 4. The molecule has 0 spiro atoms. The highest BCUT2D eigenvalue weighted by Gasteiger charge is 2.29. The van der Waals surface area contributed by atoms with E-state index in [4.69, 9.17) is 9.72 Å². The fourth-order valence-electron chi connectivity index (χ4n) is 5.33. The van der Waals surface area contributed by atoms with Crippen molar-refractivity contribution in [1.29, 1.82) is 0 Å². The second-order valence-electron chi connectivity index (χ2n) is 11.6. The zero-order valence-corrected chi connectivity index (χ0v) is 23.5. The van der Waals surface area contributed by atoms with Crippen LogP contribution in [0.25, 0.3) is 22.2 Å². The van der Waals surface area contributed by atoms with Gasteiger partial charge in [0.15, 0.2) is 0 Å². The molecule has 2 N–H and O–H groups in total. The second-order valence-corrected chi connectivity index (χ2v) is 11.6. The standard InChI is InChI=1S/C33H38N4O3/c1-33(2,3)40-32(39)34-27(20-23-15-17-25(18-16-23)24-10-5-4-6-11-24)21-30(38)37-19-9-12-26(22-37)31-35-28-13-7-8-14-29(28)36-31/h4-8,10-11,13-18,26-27H,9,12,19-22H2,1-3H3,(H,34,39)(H,35,36). The van der Waals surface area contributed by atoms with Gasteiger partial charge in [0, 0.05) is 31.5 Å². The number of para-hydroxylation sites is 2. The van der Waals surface area contributed by atoms with Crippen molar-refractivity contribution in [3.63, 3.8) is 0 Å². The van der Waals surface area contributed by atoms with E-state index in [1.54, 1.807) is 0 Å². The first-order valence-electron chi connectivity index (χ1n) is 14.1. The molecule has 1 aliphatic rings. The van der Waals surface area contributed by atoms with Crippen molar-refractivity contribution in [3.8, 4) is 11.1 Å². The number of fused-ring (bicyclic) bond motifs is 1. The number of carbonyl (C=O) groups is 2. The number of imidazole rings is 1. The van der Waals surface area contributed by atoms with Crippen molar-refractivity contribution in [2.75, 3.05) is 13.1 Å². The van der Waals surface area contributed by atoms with Gasteiger partial charge in [-0.3, -0.25) is 4.79 Å². The van der Waals surface area contributed by atoms with Gasteiger partial charge in [0.05, 0.1) is 11.0 Å². The third-order valence-corrected chi connectivity index (χ3v) is 7.25. The van der Waals surface area contributed by atoms with Crippen LogP contribution in [-0.4, -0.2) is 51.6 Å². The number of amides is 2. The molecule has 1 aromatic heterocycles. The highest BCUT2D eigenvalue weighted by Crippen LogP contribution is 2.27. The fraction of sp³-hybridized carbons (Fsp3) is 0.364. The van der Waals surface area contributed by atoms with Crippen LogP contribution in [-0.2, 0) is 16.0 Å². The van der Waals surface area contributed by atoms with Crippen LogP contribution < -0.4 is 5.32 Å².